The summed E-state index contributed by atoms with van der Waals surface area (Å²) in [6, 6.07) is 1.02. The van der Waals surface area contributed by atoms with Crippen molar-refractivity contribution in [3.8, 4) is 0 Å². The van der Waals surface area contributed by atoms with E-state index in [0.29, 0.717) is 12.1 Å². The lowest BCUT2D eigenvalue weighted by Crippen LogP contribution is -2.11. The predicted molar refractivity (Wildman–Crippen MR) is 51.1 cm³/mol. The Bertz CT molecular complexity index is 448. The highest BCUT2D eigenvalue weighted by atomic mass is 19.4. The summed E-state index contributed by atoms with van der Waals surface area (Å²) in [5, 5.41) is 0. The van der Waals surface area contributed by atoms with Crippen LogP contribution < -0.4 is 0 Å². The highest BCUT2D eigenvalue weighted by Crippen LogP contribution is 2.35. The quantitative estimate of drug-likeness (QED) is 0.570. The number of halogens is 5. The first-order valence-electron chi connectivity index (χ1n) is 4.65. The number of rotatable bonds is 2. The molecule has 1 aromatic rings. The minimum atomic E-state index is -4.70. The Kier molecular flexibility index (Phi) is 3.54. The predicted octanol–water partition coefficient (Wildman–Crippen LogP) is 4.15. The van der Waals surface area contributed by atoms with Crippen molar-refractivity contribution in [1.29, 1.82) is 0 Å². The summed E-state index contributed by atoms with van der Waals surface area (Å²) in [5.41, 5.74) is -2.48. The molecule has 6 heteroatoms. The Morgan fingerprint density at radius 3 is 2.12 bits per heavy atom. The van der Waals surface area contributed by atoms with Crippen LogP contribution in [0.15, 0.2) is 12.1 Å². The molecule has 0 heterocycles. The zero-order chi connectivity index (χ0) is 13.4. The Labute approximate surface area is 94.2 Å². The number of alkyl halides is 5. The van der Waals surface area contributed by atoms with Gasteiger partial charge in [-0.05, 0) is 31.5 Å². The summed E-state index contributed by atoms with van der Waals surface area (Å²) in [5.74, 6) is -0.675. The number of aryl methyl sites for hydroxylation is 1. The molecule has 0 aromatic heterocycles. The van der Waals surface area contributed by atoms with Crippen molar-refractivity contribution >= 4 is 5.78 Å². The van der Waals surface area contributed by atoms with Crippen LogP contribution in [0.4, 0.5) is 22.0 Å². The van der Waals surface area contributed by atoms with Crippen LogP contribution in [-0.2, 0) is 6.18 Å². The summed E-state index contributed by atoms with van der Waals surface area (Å²) in [7, 11) is 0. The number of carbonyl (C=O) groups excluding carboxylic acids is 1. The molecule has 94 valence electrons. The van der Waals surface area contributed by atoms with Gasteiger partial charge in [0.05, 0.1) is 5.56 Å². The number of hydrogen-bond acceptors (Lipinski definition) is 1. The van der Waals surface area contributed by atoms with Crippen LogP contribution in [0.5, 0.6) is 0 Å². The van der Waals surface area contributed by atoms with Gasteiger partial charge in [0.1, 0.15) is 0 Å². The molecule has 1 nitrogen and oxygen atoms in total. The maximum atomic E-state index is 12.6. The van der Waals surface area contributed by atoms with Gasteiger partial charge in [0, 0.05) is 11.1 Å². The van der Waals surface area contributed by atoms with Crippen LogP contribution in [0, 0.1) is 6.92 Å². The van der Waals surface area contributed by atoms with Crippen LogP contribution in [0.25, 0.3) is 0 Å². The number of Topliss-reactive ketones (excluding diaryl/α,β-unsaturated/α-hetero) is 1. The molecule has 0 aliphatic carbocycles. The number of carbonyl (C=O) groups is 1. The fourth-order valence-corrected chi connectivity index (χ4v) is 1.63. The second kappa shape index (κ2) is 4.43. The zero-order valence-corrected chi connectivity index (χ0v) is 9.03. The molecule has 0 spiro atoms. The zero-order valence-electron chi connectivity index (χ0n) is 9.03. The summed E-state index contributed by atoms with van der Waals surface area (Å²) in [6.45, 7) is 2.25. The molecule has 0 aliphatic heterocycles. The van der Waals surface area contributed by atoms with Crippen LogP contribution in [0.1, 0.15) is 40.4 Å². The summed E-state index contributed by atoms with van der Waals surface area (Å²) in [6.07, 6.45) is -7.82. The molecule has 0 atom stereocenters. The number of benzene rings is 1. The van der Waals surface area contributed by atoms with Gasteiger partial charge in [-0.15, -0.1) is 0 Å². The second-order valence-electron chi connectivity index (χ2n) is 3.61. The normalized spacial score (nSPS) is 12.0. The molecule has 0 saturated carbocycles. The molecular weight excluding hydrogens is 243 g/mol. The van der Waals surface area contributed by atoms with Gasteiger partial charge >= 0.3 is 6.18 Å². The van der Waals surface area contributed by atoms with Crippen molar-refractivity contribution in [1.82, 2.24) is 0 Å². The third kappa shape index (κ3) is 2.81. The largest absolute Gasteiger partial charge is 0.416 e. The summed E-state index contributed by atoms with van der Waals surface area (Å²) < 4.78 is 62.5. The standard InChI is InChI=1S/C11H9F5O/c1-5-3-7(11(14,15)16)4-8(10(12)13)9(5)6(2)17/h3-4,10H,1-2H3. The molecular formula is C11H9F5O. The van der Waals surface area contributed by atoms with Gasteiger partial charge in [0.2, 0.25) is 0 Å². The van der Waals surface area contributed by atoms with E-state index in [-0.39, 0.29) is 11.1 Å². The lowest BCUT2D eigenvalue weighted by molar-refractivity contribution is -0.137. The van der Waals surface area contributed by atoms with E-state index < -0.39 is 29.5 Å². The lowest BCUT2D eigenvalue weighted by atomic mass is 9.96. The first kappa shape index (κ1) is 13.6. The molecule has 0 fully saturated rings. The Morgan fingerprint density at radius 1 is 1.24 bits per heavy atom. The third-order valence-corrected chi connectivity index (χ3v) is 2.28. The van der Waals surface area contributed by atoms with Gasteiger partial charge in [-0.3, -0.25) is 4.79 Å². The Hall–Kier alpha value is -1.46. The molecule has 17 heavy (non-hydrogen) atoms. The molecule has 0 unspecified atom stereocenters. The van der Waals surface area contributed by atoms with Gasteiger partial charge in [-0.25, -0.2) is 8.78 Å². The minimum absolute atomic E-state index is 0.0948. The third-order valence-electron chi connectivity index (χ3n) is 2.28. The fourth-order valence-electron chi connectivity index (χ4n) is 1.63. The molecule has 1 rings (SSSR count). The molecule has 0 saturated heterocycles. The van der Waals surface area contributed by atoms with Crippen LogP contribution >= 0.6 is 0 Å². The lowest BCUT2D eigenvalue weighted by Gasteiger charge is -2.14. The van der Waals surface area contributed by atoms with E-state index in [0.717, 1.165) is 6.92 Å². The van der Waals surface area contributed by atoms with E-state index in [1.807, 2.05) is 0 Å². The summed E-state index contributed by atoms with van der Waals surface area (Å²) >= 11 is 0. The van der Waals surface area contributed by atoms with Crippen LogP contribution in [0.2, 0.25) is 0 Å². The van der Waals surface area contributed by atoms with Gasteiger partial charge in [-0.1, -0.05) is 0 Å². The van der Waals surface area contributed by atoms with Crippen molar-refractivity contribution < 1.29 is 26.7 Å². The Balaban J connectivity index is 3.52. The van der Waals surface area contributed by atoms with E-state index in [9.17, 15) is 26.7 Å². The van der Waals surface area contributed by atoms with Crippen LogP contribution in [-0.4, -0.2) is 5.78 Å². The first-order valence-corrected chi connectivity index (χ1v) is 4.65. The van der Waals surface area contributed by atoms with Gasteiger partial charge in [0.15, 0.2) is 5.78 Å². The molecule has 0 amide bonds. The van der Waals surface area contributed by atoms with E-state index >= 15 is 0 Å². The second-order valence-corrected chi connectivity index (χ2v) is 3.61. The average Bonchev–Trinajstić information content (AvgIpc) is 2.13. The SMILES string of the molecule is CC(=O)c1c(C)cc(C(F)(F)F)cc1C(F)F. The monoisotopic (exact) mass is 252 g/mol. The summed E-state index contributed by atoms with van der Waals surface area (Å²) in [4.78, 5) is 11.1. The van der Waals surface area contributed by atoms with Crippen molar-refractivity contribution in [3.05, 3.63) is 34.4 Å². The van der Waals surface area contributed by atoms with Gasteiger partial charge in [-0.2, -0.15) is 13.2 Å². The fraction of sp³-hybridized carbons (Fsp3) is 0.364. The van der Waals surface area contributed by atoms with Crippen molar-refractivity contribution in [3.63, 3.8) is 0 Å². The maximum Gasteiger partial charge on any atom is 0.416 e. The van der Waals surface area contributed by atoms with Crippen molar-refractivity contribution in [2.75, 3.05) is 0 Å². The van der Waals surface area contributed by atoms with E-state index in [1.54, 1.807) is 0 Å². The molecule has 0 N–H and O–H groups in total. The molecule has 1 aromatic carbocycles. The smallest absolute Gasteiger partial charge is 0.294 e. The Morgan fingerprint density at radius 2 is 1.76 bits per heavy atom. The number of hydrogen-bond donors (Lipinski definition) is 0. The number of ketones is 1. The minimum Gasteiger partial charge on any atom is -0.294 e. The van der Waals surface area contributed by atoms with E-state index in [4.69, 9.17) is 0 Å². The van der Waals surface area contributed by atoms with Gasteiger partial charge in [0.25, 0.3) is 6.43 Å². The van der Waals surface area contributed by atoms with Crippen molar-refractivity contribution in [2.24, 2.45) is 0 Å². The molecule has 0 aliphatic rings. The van der Waals surface area contributed by atoms with Crippen LogP contribution in [0.3, 0.4) is 0 Å². The topological polar surface area (TPSA) is 17.1 Å². The van der Waals surface area contributed by atoms with E-state index in [1.165, 1.54) is 6.92 Å². The highest BCUT2D eigenvalue weighted by molar-refractivity contribution is 5.97. The van der Waals surface area contributed by atoms with Crippen molar-refractivity contribution in [2.45, 2.75) is 26.4 Å². The molecule has 0 radical (unpaired) electrons. The van der Waals surface area contributed by atoms with Gasteiger partial charge < -0.3 is 0 Å². The first-order chi connectivity index (χ1) is 7.64. The average molecular weight is 252 g/mol. The molecule has 0 bridgehead atoms. The maximum absolute atomic E-state index is 12.6. The highest BCUT2D eigenvalue weighted by Gasteiger charge is 2.33. The van der Waals surface area contributed by atoms with E-state index in [2.05, 4.69) is 0 Å².